The molecule has 0 unspecified atom stereocenters. The maximum Gasteiger partial charge on any atom is 0.285 e. The van der Waals surface area contributed by atoms with Gasteiger partial charge in [0.05, 0.1) is 12.7 Å². The third-order valence-electron chi connectivity index (χ3n) is 4.82. The van der Waals surface area contributed by atoms with Gasteiger partial charge in [-0.1, -0.05) is 68.3 Å². The van der Waals surface area contributed by atoms with E-state index >= 15 is 0 Å². The quantitative estimate of drug-likeness (QED) is 0.282. The van der Waals surface area contributed by atoms with E-state index < -0.39 is 0 Å². The lowest BCUT2D eigenvalue weighted by molar-refractivity contribution is 0.0944. The molecule has 33 heavy (non-hydrogen) atoms. The monoisotopic (exact) mass is 569 g/mol. The van der Waals surface area contributed by atoms with Crippen molar-refractivity contribution in [2.75, 3.05) is 17.7 Å². The highest BCUT2D eigenvalue weighted by atomic mass is 79.9. The third-order valence-corrected chi connectivity index (χ3v) is 5.80. The first-order valence-corrected chi connectivity index (χ1v) is 11.7. The second kappa shape index (κ2) is 10.6. The first-order valence-electron chi connectivity index (χ1n) is 10.1. The Morgan fingerprint density at radius 1 is 0.909 bits per heavy atom. The van der Waals surface area contributed by atoms with Gasteiger partial charge in [0, 0.05) is 22.0 Å². The topological polar surface area (TPSA) is 81.1 Å². The molecule has 1 heterocycles. The van der Waals surface area contributed by atoms with Crippen molar-refractivity contribution < 1.29 is 9.53 Å². The number of nitrogens with zero attached hydrogens (tertiary/aromatic N) is 3. The van der Waals surface area contributed by atoms with Gasteiger partial charge in [-0.15, -0.1) is 5.10 Å². The van der Waals surface area contributed by atoms with E-state index in [-0.39, 0.29) is 5.91 Å². The van der Waals surface area contributed by atoms with Crippen LogP contribution < -0.4 is 15.4 Å². The molecule has 0 spiro atoms. The number of para-hydroxylation sites is 1. The molecule has 7 nitrogen and oxygen atoms in total. The summed E-state index contributed by atoms with van der Waals surface area (Å²) >= 11 is 6.96. The van der Waals surface area contributed by atoms with Gasteiger partial charge in [0.2, 0.25) is 11.9 Å². The zero-order valence-corrected chi connectivity index (χ0v) is 20.9. The minimum atomic E-state index is -0.341. The van der Waals surface area contributed by atoms with Gasteiger partial charge < -0.3 is 15.4 Å². The Morgan fingerprint density at radius 2 is 1.55 bits per heavy atom. The summed E-state index contributed by atoms with van der Waals surface area (Å²) in [5.74, 6) is 0.810. The second-order valence-corrected chi connectivity index (χ2v) is 8.97. The van der Waals surface area contributed by atoms with Crippen LogP contribution in [0, 0.1) is 0 Å². The molecule has 0 aliphatic rings. The highest BCUT2D eigenvalue weighted by molar-refractivity contribution is 9.10. The van der Waals surface area contributed by atoms with E-state index in [2.05, 4.69) is 52.6 Å². The average molecular weight is 571 g/mol. The number of nitrogens with one attached hydrogen (secondary N) is 2. The van der Waals surface area contributed by atoms with Crippen molar-refractivity contribution in [1.29, 1.82) is 0 Å². The predicted molar refractivity (Wildman–Crippen MR) is 136 cm³/mol. The molecule has 1 aromatic heterocycles. The molecule has 0 atom stereocenters. The SMILES string of the molecule is COc1ccccc1C(=O)n1nc(NCc2cccc(Br)c2)nc1NCc1cccc(Br)c1. The Morgan fingerprint density at radius 3 is 2.18 bits per heavy atom. The summed E-state index contributed by atoms with van der Waals surface area (Å²) in [6.45, 7) is 0.986. The van der Waals surface area contributed by atoms with Crippen LogP contribution in [0.1, 0.15) is 21.5 Å². The average Bonchev–Trinajstić information content (AvgIpc) is 3.24. The zero-order chi connectivity index (χ0) is 23.2. The zero-order valence-electron chi connectivity index (χ0n) is 17.8. The summed E-state index contributed by atoms with van der Waals surface area (Å²) in [5, 5.41) is 10.9. The normalized spacial score (nSPS) is 10.6. The summed E-state index contributed by atoms with van der Waals surface area (Å²) in [7, 11) is 1.53. The van der Waals surface area contributed by atoms with E-state index in [1.807, 2.05) is 54.6 Å². The van der Waals surface area contributed by atoms with Crippen molar-refractivity contribution in [1.82, 2.24) is 14.8 Å². The van der Waals surface area contributed by atoms with Crippen molar-refractivity contribution in [3.8, 4) is 5.75 Å². The van der Waals surface area contributed by atoms with Gasteiger partial charge in [-0.2, -0.15) is 9.67 Å². The molecule has 0 aliphatic carbocycles. The molecule has 4 rings (SSSR count). The van der Waals surface area contributed by atoms with Crippen molar-refractivity contribution in [3.63, 3.8) is 0 Å². The molecule has 0 saturated carbocycles. The van der Waals surface area contributed by atoms with Crippen molar-refractivity contribution in [2.45, 2.75) is 13.1 Å². The van der Waals surface area contributed by atoms with E-state index in [0.717, 1.165) is 20.1 Å². The van der Waals surface area contributed by atoms with Gasteiger partial charge in [0.15, 0.2) is 0 Å². The van der Waals surface area contributed by atoms with Crippen molar-refractivity contribution in [2.24, 2.45) is 0 Å². The number of anilines is 2. The third kappa shape index (κ3) is 5.80. The van der Waals surface area contributed by atoms with Gasteiger partial charge >= 0.3 is 0 Å². The molecule has 9 heteroatoms. The fourth-order valence-corrected chi connectivity index (χ4v) is 4.13. The number of ether oxygens (including phenoxy) is 1. The minimum Gasteiger partial charge on any atom is -0.496 e. The summed E-state index contributed by atoms with van der Waals surface area (Å²) in [5.41, 5.74) is 2.49. The molecular formula is C24H21Br2N5O2. The van der Waals surface area contributed by atoms with Crippen LogP contribution in [0.5, 0.6) is 5.75 Å². The van der Waals surface area contributed by atoms with Gasteiger partial charge in [-0.05, 0) is 47.5 Å². The number of methoxy groups -OCH3 is 1. The van der Waals surface area contributed by atoms with E-state index in [0.29, 0.717) is 36.3 Å². The number of carbonyl (C=O) groups is 1. The second-order valence-electron chi connectivity index (χ2n) is 7.14. The van der Waals surface area contributed by atoms with E-state index in [1.54, 1.807) is 18.2 Å². The van der Waals surface area contributed by atoms with Crippen LogP contribution in [0.25, 0.3) is 0 Å². The van der Waals surface area contributed by atoms with Gasteiger partial charge in [0.25, 0.3) is 5.91 Å². The van der Waals surface area contributed by atoms with E-state index in [9.17, 15) is 4.79 Å². The number of halogens is 2. The van der Waals surface area contributed by atoms with Crippen molar-refractivity contribution >= 4 is 49.7 Å². The molecule has 2 N–H and O–H groups in total. The lowest BCUT2D eigenvalue weighted by Gasteiger charge is -2.10. The minimum absolute atomic E-state index is 0.336. The standard InChI is InChI=1S/C24H21Br2N5O2/c1-33-21-11-3-2-10-20(21)22(32)31-24(28-15-17-7-5-9-19(26)13-17)29-23(30-31)27-14-16-6-4-8-18(25)12-16/h2-13H,14-15H2,1H3,(H2,27,28,29,30). The van der Waals surface area contributed by atoms with Crippen molar-refractivity contribution in [3.05, 3.63) is 98.4 Å². The summed E-state index contributed by atoms with van der Waals surface area (Å²) < 4.78 is 8.59. The van der Waals surface area contributed by atoms with Gasteiger partial charge in [-0.3, -0.25) is 4.79 Å². The molecule has 0 bridgehead atoms. The summed E-state index contributed by atoms with van der Waals surface area (Å²) in [6, 6.07) is 22.9. The maximum atomic E-state index is 13.3. The number of hydrogen-bond acceptors (Lipinski definition) is 6. The Labute approximate surface area is 208 Å². The Hall–Kier alpha value is -3.17. The Bertz CT molecular complexity index is 1280. The van der Waals surface area contributed by atoms with Gasteiger partial charge in [-0.25, -0.2) is 0 Å². The van der Waals surface area contributed by atoms with E-state index in [4.69, 9.17) is 4.74 Å². The van der Waals surface area contributed by atoms with Crippen LogP contribution in [-0.2, 0) is 13.1 Å². The van der Waals surface area contributed by atoms with Crippen LogP contribution in [0.2, 0.25) is 0 Å². The predicted octanol–water partition coefficient (Wildman–Crippen LogP) is 5.72. The Kier molecular flexibility index (Phi) is 7.41. The molecule has 0 radical (unpaired) electrons. The van der Waals surface area contributed by atoms with Crippen LogP contribution in [0.3, 0.4) is 0 Å². The highest BCUT2D eigenvalue weighted by Gasteiger charge is 2.21. The molecule has 3 aromatic carbocycles. The smallest absolute Gasteiger partial charge is 0.285 e. The van der Waals surface area contributed by atoms with Crippen LogP contribution in [0.15, 0.2) is 81.7 Å². The lowest BCUT2D eigenvalue weighted by Crippen LogP contribution is -2.18. The molecule has 0 amide bonds. The first-order chi connectivity index (χ1) is 16.0. The lowest BCUT2D eigenvalue weighted by atomic mass is 10.2. The van der Waals surface area contributed by atoms with Crippen LogP contribution in [-0.4, -0.2) is 27.8 Å². The molecule has 0 fully saturated rings. The molecule has 0 aliphatic heterocycles. The largest absolute Gasteiger partial charge is 0.496 e. The van der Waals surface area contributed by atoms with E-state index in [1.165, 1.54) is 11.8 Å². The van der Waals surface area contributed by atoms with Gasteiger partial charge in [0.1, 0.15) is 5.75 Å². The summed E-state index contributed by atoms with van der Waals surface area (Å²) in [6.07, 6.45) is 0. The number of aromatic nitrogens is 3. The summed E-state index contributed by atoms with van der Waals surface area (Å²) in [4.78, 5) is 17.9. The number of rotatable bonds is 8. The number of carbonyl (C=O) groups excluding carboxylic acids is 1. The van der Waals surface area contributed by atoms with Crippen LogP contribution >= 0.6 is 31.9 Å². The molecule has 4 aromatic rings. The fraction of sp³-hybridized carbons (Fsp3) is 0.125. The highest BCUT2D eigenvalue weighted by Crippen LogP contribution is 2.22. The molecule has 0 saturated heterocycles. The fourth-order valence-electron chi connectivity index (χ4n) is 3.23. The molecular weight excluding hydrogens is 550 g/mol. The number of hydrogen-bond donors (Lipinski definition) is 2. The van der Waals surface area contributed by atoms with Crippen LogP contribution in [0.4, 0.5) is 11.9 Å². The Balaban J connectivity index is 1.61. The maximum absolute atomic E-state index is 13.3. The first kappa shape index (κ1) is 23.0. The molecule has 168 valence electrons. The number of benzene rings is 3.